The Morgan fingerprint density at radius 3 is 2.74 bits per heavy atom. The Hall–Kier alpha value is -1.87. The van der Waals surface area contributed by atoms with Gasteiger partial charge in [0.25, 0.3) is 0 Å². The second-order valence-corrected chi connectivity index (χ2v) is 4.58. The van der Waals surface area contributed by atoms with E-state index in [1.165, 1.54) is 0 Å². The highest BCUT2D eigenvalue weighted by atomic mass is 35.5. The molecular weight excluding hydrogens is 258 g/mol. The first-order chi connectivity index (χ1) is 9.20. The maximum Gasteiger partial charge on any atom is 0.219 e. The molecule has 0 spiro atoms. The molecule has 3 nitrogen and oxygen atoms in total. The van der Waals surface area contributed by atoms with Crippen molar-refractivity contribution in [3.05, 3.63) is 60.7 Å². The molecule has 0 aliphatic carbocycles. The number of hydrogen-bond donors (Lipinski definition) is 1. The monoisotopic (exact) mass is 273 g/mol. The molecule has 4 heteroatoms. The Kier molecular flexibility index (Phi) is 4.53. The fourth-order valence-electron chi connectivity index (χ4n) is 1.74. The minimum absolute atomic E-state index is 0.605. The quantitative estimate of drug-likeness (QED) is 0.498. The third kappa shape index (κ3) is 3.55. The molecule has 1 aromatic carbocycles. The molecule has 0 amide bonds. The molecule has 0 saturated carbocycles. The maximum absolute atomic E-state index is 6.06. The standard InChI is InChI=1S/C15H16ClN3/c1-3-4-8-11(2)13-17-14(19-15(16)18-13)12-9-6-5-7-10-12/h3,5-7,9-10,15H,1-2,4,8H2,(H,17,18,19). The lowest BCUT2D eigenvalue weighted by molar-refractivity contribution is 0.911. The smallest absolute Gasteiger partial charge is 0.219 e. The van der Waals surface area contributed by atoms with Gasteiger partial charge in [-0.05, 0) is 18.4 Å². The van der Waals surface area contributed by atoms with Crippen molar-refractivity contribution in [3.63, 3.8) is 0 Å². The Labute approximate surface area is 118 Å². The molecule has 0 aromatic heterocycles. The van der Waals surface area contributed by atoms with Gasteiger partial charge >= 0.3 is 0 Å². The molecule has 1 unspecified atom stereocenters. The number of halogens is 1. The van der Waals surface area contributed by atoms with E-state index in [4.69, 9.17) is 11.6 Å². The van der Waals surface area contributed by atoms with Gasteiger partial charge < -0.3 is 5.32 Å². The first-order valence-electron chi connectivity index (χ1n) is 6.12. The van der Waals surface area contributed by atoms with Gasteiger partial charge in [0.1, 0.15) is 11.7 Å². The molecule has 1 aromatic rings. The summed E-state index contributed by atoms with van der Waals surface area (Å²) in [5, 5.41) is 3.19. The molecule has 1 N–H and O–H groups in total. The number of allylic oxidation sites excluding steroid dienone is 1. The lowest BCUT2D eigenvalue weighted by Crippen LogP contribution is -2.36. The van der Waals surface area contributed by atoms with Crippen molar-refractivity contribution >= 4 is 23.3 Å². The minimum Gasteiger partial charge on any atom is -0.325 e. The molecule has 0 saturated heterocycles. The Morgan fingerprint density at radius 2 is 2.05 bits per heavy atom. The summed E-state index contributed by atoms with van der Waals surface area (Å²) in [7, 11) is 0. The van der Waals surface area contributed by atoms with Crippen LogP contribution < -0.4 is 5.32 Å². The van der Waals surface area contributed by atoms with E-state index in [0.717, 1.165) is 29.8 Å². The summed E-state index contributed by atoms with van der Waals surface area (Å²) in [6, 6.07) is 9.83. The van der Waals surface area contributed by atoms with Crippen LogP contribution in [-0.4, -0.2) is 17.3 Å². The largest absolute Gasteiger partial charge is 0.325 e. The molecule has 0 fully saturated rings. The molecule has 19 heavy (non-hydrogen) atoms. The van der Waals surface area contributed by atoms with Crippen molar-refractivity contribution < 1.29 is 0 Å². The summed E-state index contributed by atoms with van der Waals surface area (Å²) >= 11 is 6.06. The molecule has 98 valence electrons. The molecule has 0 radical (unpaired) electrons. The Morgan fingerprint density at radius 1 is 1.32 bits per heavy atom. The Balaban J connectivity index is 2.14. The number of nitrogens with zero attached hydrogens (tertiary/aromatic N) is 2. The fourth-order valence-corrected chi connectivity index (χ4v) is 1.93. The van der Waals surface area contributed by atoms with Gasteiger partial charge in [-0.25, -0.2) is 9.98 Å². The van der Waals surface area contributed by atoms with E-state index in [1.807, 2.05) is 36.4 Å². The third-order valence-electron chi connectivity index (χ3n) is 2.74. The highest BCUT2D eigenvalue weighted by Crippen LogP contribution is 2.14. The SMILES string of the molecule is C=CCCC(=C)C1=NC(Cl)N=C(c2ccccc2)N1. The van der Waals surface area contributed by atoms with Crippen LogP contribution in [0.25, 0.3) is 0 Å². The van der Waals surface area contributed by atoms with Crippen LogP contribution in [0.2, 0.25) is 0 Å². The average molecular weight is 274 g/mol. The highest BCUT2D eigenvalue weighted by molar-refractivity contribution is 6.25. The molecule has 0 bridgehead atoms. The van der Waals surface area contributed by atoms with Crippen LogP contribution in [0.1, 0.15) is 18.4 Å². The van der Waals surface area contributed by atoms with Gasteiger partial charge in [0.15, 0.2) is 0 Å². The summed E-state index contributed by atoms with van der Waals surface area (Å²) < 4.78 is 0. The summed E-state index contributed by atoms with van der Waals surface area (Å²) in [6.45, 7) is 7.73. The minimum atomic E-state index is -0.605. The number of benzene rings is 1. The molecule has 1 aliphatic rings. The van der Waals surface area contributed by atoms with Gasteiger partial charge in [-0.1, -0.05) is 54.6 Å². The van der Waals surface area contributed by atoms with Crippen molar-refractivity contribution in [3.8, 4) is 0 Å². The van der Waals surface area contributed by atoms with Crippen molar-refractivity contribution in [1.29, 1.82) is 0 Å². The second kappa shape index (κ2) is 6.34. The lowest BCUT2D eigenvalue weighted by Gasteiger charge is -2.20. The zero-order valence-corrected chi connectivity index (χ0v) is 11.4. The van der Waals surface area contributed by atoms with E-state index < -0.39 is 5.62 Å². The molecular formula is C15H16ClN3. The van der Waals surface area contributed by atoms with Gasteiger partial charge in [0.05, 0.1) is 0 Å². The normalized spacial score (nSPS) is 18.1. The van der Waals surface area contributed by atoms with Gasteiger partial charge in [-0.15, -0.1) is 6.58 Å². The van der Waals surface area contributed by atoms with E-state index in [2.05, 4.69) is 28.5 Å². The summed E-state index contributed by atoms with van der Waals surface area (Å²) in [6.07, 6.45) is 3.53. The van der Waals surface area contributed by atoms with E-state index in [0.29, 0.717) is 5.84 Å². The molecule has 1 heterocycles. The van der Waals surface area contributed by atoms with E-state index >= 15 is 0 Å². The number of alkyl halides is 1. The summed E-state index contributed by atoms with van der Waals surface area (Å²) in [5.41, 5.74) is 1.29. The van der Waals surface area contributed by atoms with Crippen LogP contribution >= 0.6 is 11.6 Å². The predicted octanol–water partition coefficient (Wildman–Crippen LogP) is 3.48. The zero-order valence-electron chi connectivity index (χ0n) is 10.6. The first-order valence-corrected chi connectivity index (χ1v) is 6.55. The topological polar surface area (TPSA) is 36.8 Å². The number of aliphatic imine (C=N–C) groups is 2. The number of nitrogens with one attached hydrogen (secondary N) is 1. The van der Waals surface area contributed by atoms with Crippen molar-refractivity contribution in [2.45, 2.75) is 18.5 Å². The van der Waals surface area contributed by atoms with Crippen LogP contribution in [0.3, 0.4) is 0 Å². The molecule has 2 rings (SSSR count). The van der Waals surface area contributed by atoms with Crippen LogP contribution in [0.15, 0.2) is 65.1 Å². The Bertz CT molecular complexity index is 532. The summed E-state index contributed by atoms with van der Waals surface area (Å²) in [4.78, 5) is 8.55. The highest BCUT2D eigenvalue weighted by Gasteiger charge is 2.17. The van der Waals surface area contributed by atoms with Gasteiger partial charge in [-0.3, -0.25) is 0 Å². The summed E-state index contributed by atoms with van der Waals surface area (Å²) in [5.74, 6) is 1.43. The lowest BCUT2D eigenvalue weighted by atomic mass is 10.1. The van der Waals surface area contributed by atoms with Crippen LogP contribution in [0.5, 0.6) is 0 Å². The predicted molar refractivity (Wildman–Crippen MR) is 81.8 cm³/mol. The van der Waals surface area contributed by atoms with Crippen molar-refractivity contribution in [2.24, 2.45) is 9.98 Å². The maximum atomic E-state index is 6.06. The van der Waals surface area contributed by atoms with Gasteiger partial charge in [-0.2, -0.15) is 0 Å². The number of amidine groups is 2. The van der Waals surface area contributed by atoms with Gasteiger partial charge in [0.2, 0.25) is 5.62 Å². The average Bonchev–Trinajstić information content (AvgIpc) is 2.45. The van der Waals surface area contributed by atoms with Crippen LogP contribution in [0.4, 0.5) is 0 Å². The van der Waals surface area contributed by atoms with Crippen molar-refractivity contribution in [2.75, 3.05) is 0 Å². The van der Waals surface area contributed by atoms with E-state index in [9.17, 15) is 0 Å². The van der Waals surface area contributed by atoms with E-state index in [1.54, 1.807) is 0 Å². The second-order valence-electron chi connectivity index (χ2n) is 4.19. The van der Waals surface area contributed by atoms with Gasteiger partial charge in [0, 0.05) is 5.56 Å². The zero-order chi connectivity index (χ0) is 13.7. The van der Waals surface area contributed by atoms with Crippen LogP contribution in [0, 0.1) is 0 Å². The third-order valence-corrected chi connectivity index (χ3v) is 2.94. The molecule has 1 aliphatic heterocycles. The number of hydrogen-bond acceptors (Lipinski definition) is 3. The first kappa shape index (κ1) is 13.6. The van der Waals surface area contributed by atoms with Crippen molar-refractivity contribution in [1.82, 2.24) is 5.32 Å². The fraction of sp³-hybridized carbons (Fsp3) is 0.200. The van der Waals surface area contributed by atoms with Crippen LogP contribution in [-0.2, 0) is 0 Å². The molecule has 1 atom stereocenters. The number of rotatable bonds is 5. The van der Waals surface area contributed by atoms with E-state index in [-0.39, 0.29) is 0 Å².